The van der Waals surface area contributed by atoms with Gasteiger partial charge in [-0.25, -0.2) is 4.39 Å². The van der Waals surface area contributed by atoms with Gasteiger partial charge in [0.25, 0.3) is 0 Å². The van der Waals surface area contributed by atoms with Crippen LogP contribution in [0.4, 0.5) is 10.1 Å². The Balaban J connectivity index is 2.20. The predicted octanol–water partition coefficient (Wildman–Crippen LogP) is 4.32. The fraction of sp³-hybridized carbons (Fsp3) is 0.250. The first kappa shape index (κ1) is 13.4. The van der Waals surface area contributed by atoms with E-state index in [1.54, 1.807) is 12.1 Å². The molecule has 0 radical (unpaired) electrons. The van der Waals surface area contributed by atoms with Crippen molar-refractivity contribution in [3.8, 4) is 5.75 Å². The Labute approximate surface area is 113 Å². The number of methoxy groups -OCH3 is 1. The Morgan fingerprint density at radius 3 is 2.58 bits per heavy atom. The Kier molecular flexibility index (Phi) is 4.05. The minimum atomic E-state index is -0.339. The van der Waals surface area contributed by atoms with Crippen molar-refractivity contribution in [1.82, 2.24) is 0 Å². The van der Waals surface area contributed by atoms with Gasteiger partial charge in [-0.15, -0.1) is 0 Å². The van der Waals surface area contributed by atoms with Gasteiger partial charge in [0, 0.05) is 11.7 Å². The minimum Gasteiger partial charge on any atom is -0.494 e. The number of hydrogen-bond donors (Lipinski definition) is 1. The molecule has 0 aliphatic rings. The number of benzene rings is 2. The van der Waals surface area contributed by atoms with E-state index in [1.807, 2.05) is 25.1 Å². The third-order valence-electron chi connectivity index (χ3n) is 3.19. The molecule has 2 aromatic carbocycles. The van der Waals surface area contributed by atoms with E-state index < -0.39 is 0 Å². The molecule has 1 atom stereocenters. The maximum Gasteiger partial charge on any atom is 0.165 e. The maximum atomic E-state index is 13.4. The van der Waals surface area contributed by atoms with Gasteiger partial charge < -0.3 is 10.1 Å². The number of nitrogens with one attached hydrogen (secondary N) is 1. The average molecular weight is 259 g/mol. The normalized spacial score (nSPS) is 12.0. The molecule has 0 fully saturated rings. The highest BCUT2D eigenvalue weighted by Gasteiger charge is 2.10. The molecule has 0 saturated carbocycles. The van der Waals surface area contributed by atoms with Gasteiger partial charge in [-0.3, -0.25) is 0 Å². The van der Waals surface area contributed by atoms with Gasteiger partial charge in [0.1, 0.15) is 0 Å². The Morgan fingerprint density at radius 1 is 1.16 bits per heavy atom. The average Bonchev–Trinajstić information content (AvgIpc) is 2.42. The molecular weight excluding hydrogens is 241 g/mol. The lowest BCUT2D eigenvalue weighted by atomic mass is 10.1. The van der Waals surface area contributed by atoms with Crippen LogP contribution in [0.2, 0.25) is 0 Å². The number of aryl methyl sites for hydroxylation is 1. The number of para-hydroxylation sites is 1. The molecule has 19 heavy (non-hydrogen) atoms. The molecule has 0 heterocycles. The summed E-state index contributed by atoms with van der Waals surface area (Å²) >= 11 is 0. The van der Waals surface area contributed by atoms with Gasteiger partial charge >= 0.3 is 0 Å². The Bertz CT molecular complexity index is 568. The summed E-state index contributed by atoms with van der Waals surface area (Å²) in [5.74, 6) is -0.0646. The number of halogens is 1. The van der Waals surface area contributed by atoms with Gasteiger partial charge in [0.2, 0.25) is 0 Å². The van der Waals surface area contributed by atoms with Crippen LogP contribution >= 0.6 is 0 Å². The standard InChI is InChI=1S/C16H18FNO/c1-11-6-4-5-7-15(11)18-12(2)13-8-9-14(17)16(10-13)19-3/h4-10,12,18H,1-3H3. The lowest BCUT2D eigenvalue weighted by Crippen LogP contribution is -2.08. The molecule has 1 unspecified atom stereocenters. The lowest BCUT2D eigenvalue weighted by Gasteiger charge is -2.18. The van der Waals surface area contributed by atoms with Crippen molar-refractivity contribution in [3.63, 3.8) is 0 Å². The second kappa shape index (κ2) is 5.74. The summed E-state index contributed by atoms with van der Waals surface area (Å²) in [7, 11) is 1.47. The van der Waals surface area contributed by atoms with Crippen LogP contribution in [0.1, 0.15) is 24.1 Å². The summed E-state index contributed by atoms with van der Waals surface area (Å²) in [5, 5.41) is 3.42. The molecule has 100 valence electrons. The van der Waals surface area contributed by atoms with Gasteiger partial charge in [0.05, 0.1) is 7.11 Å². The van der Waals surface area contributed by atoms with Gasteiger partial charge in [-0.1, -0.05) is 24.3 Å². The fourth-order valence-electron chi connectivity index (χ4n) is 2.00. The zero-order valence-electron chi connectivity index (χ0n) is 11.4. The maximum absolute atomic E-state index is 13.4. The molecule has 3 heteroatoms. The van der Waals surface area contributed by atoms with E-state index in [0.717, 1.165) is 11.3 Å². The van der Waals surface area contributed by atoms with E-state index in [0.29, 0.717) is 0 Å². The van der Waals surface area contributed by atoms with Crippen LogP contribution in [0.3, 0.4) is 0 Å². The molecule has 2 aromatic rings. The SMILES string of the molecule is COc1cc(C(C)Nc2ccccc2C)ccc1F. The van der Waals surface area contributed by atoms with E-state index in [4.69, 9.17) is 4.74 Å². The second-order valence-electron chi connectivity index (χ2n) is 4.57. The van der Waals surface area contributed by atoms with E-state index in [-0.39, 0.29) is 17.6 Å². The largest absolute Gasteiger partial charge is 0.494 e. The van der Waals surface area contributed by atoms with Crippen LogP contribution in [0.25, 0.3) is 0 Å². The highest BCUT2D eigenvalue weighted by atomic mass is 19.1. The molecular formula is C16H18FNO. The summed E-state index contributed by atoms with van der Waals surface area (Å²) < 4.78 is 18.4. The number of anilines is 1. The summed E-state index contributed by atoms with van der Waals surface area (Å²) in [5.41, 5.74) is 3.25. The third kappa shape index (κ3) is 3.05. The topological polar surface area (TPSA) is 21.3 Å². The number of ether oxygens (including phenoxy) is 1. The fourth-order valence-corrected chi connectivity index (χ4v) is 2.00. The van der Waals surface area contributed by atoms with Gasteiger partial charge in [-0.05, 0) is 43.2 Å². The van der Waals surface area contributed by atoms with Crippen molar-refractivity contribution in [2.75, 3.05) is 12.4 Å². The first-order valence-electron chi connectivity index (χ1n) is 6.27. The smallest absolute Gasteiger partial charge is 0.165 e. The molecule has 0 aromatic heterocycles. The van der Waals surface area contributed by atoms with Gasteiger partial charge in [-0.2, -0.15) is 0 Å². The van der Waals surface area contributed by atoms with Crippen LogP contribution in [0, 0.1) is 12.7 Å². The highest BCUT2D eigenvalue weighted by Crippen LogP contribution is 2.26. The van der Waals surface area contributed by atoms with Crippen LogP contribution in [-0.4, -0.2) is 7.11 Å². The number of hydrogen-bond acceptors (Lipinski definition) is 2. The van der Waals surface area contributed by atoms with Crippen LogP contribution in [-0.2, 0) is 0 Å². The molecule has 2 nitrogen and oxygen atoms in total. The van der Waals surface area contributed by atoms with Crippen molar-refractivity contribution in [2.45, 2.75) is 19.9 Å². The van der Waals surface area contributed by atoms with E-state index in [9.17, 15) is 4.39 Å². The molecule has 0 aliphatic carbocycles. The molecule has 0 amide bonds. The molecule has 0 spiro atoms. The van der Waals surface area contributed by atoms with Crippen LogP contribution < -0.4 is 10.1 Å². The number of rotatable bonds is 4. The molecule has 2 rings (SSSR count). The predicted molar refractivity (Wildman–Crippen MR) is 76.2 cm³/mol. The molecule has 1 N–H and O–H groups in total. The van der Waals surface area contributed by atoms with Gasteiger partial charge in [0.15, 0.2) is 11.6 Å². The summed E-state index contributed by atoms with van der Waals surface area (Å²) in [6, 6.07) is 13.1. The van der Waals surface area contributed by atoms with Crippen molar-refractivity contribution < 1.29 is 9.13 Å². The van der Waals surface area contributed by atoms with Crippen LogP contribution in [0.5, 0.6) is 5.75 Å². The Hall–Kier alpha value is -2.03. The second-order valence-corrected chi connectivity index (χ2v) is 4.57. The minimum absolute atomic E-state index is 0.0793. The van der Waals surface area contributed by atoms with Crippen molar-refractivity contribution in [3.05, 3.63) is 59.4 Å². The third-order valence-corrected chi connectivity index (χ3v) is 3.19. The van der Waals surface area contributed by atoms with Crippen molar-refractivity contribution in [2.24, 2.45) is 0 Å². The summed E-state index contributed by atoms with van der Waals surface area (Å²) in [4.78, 5) is 0. The zero-order chi connectivity index (χ0) is 13.8. The van der Waals surface area contributed by atoms with Crippen molar-refractivity contribution >= 4 is 5.69 Å². The molecule has 0 bridgehead atoms. The van der Waals surface area contributed by atoms with Crippen molar-refractivity contribution in [1.29, 1.82) is 0 Å². The first-order valence-corrected chi connectivity index (χ1v) is 6.27. The monoisotopic (exact) mass is 259 g/mol. The quantitative estimate of drug-likeness (QED) is 0.883. The van der Waals surface area contributed by atoms with E-state index in [2.05, 4.69) is 18.3 Å². The van der Waals surface area contributed by atoms with E-state index >= 15 is 0 Å². The zero-order valence-corrected chi connectivity index (χ0v) is 11.4. The highest BCUT2D eigenvalue weighted by molar-refractivity contribution is 5.52. The lowest BCUT2D eigenvalue weighted by molar-refractivity contribution is 0.385. The van der Waals surface area contributed by atoms with Crippen LogP contribution in [0.15, 0.2) is 42.5 Å². The summed E-state index contributed by atoms with van der Waals surface area (Å²) in [6.07, 6.45) is 0. The Morgan fingerprint density at radius 2 is 1.89 bits per heavy atom. The molecule has 0 aliphatic heterocycles. The first-order chi connectivity index (χ1) is 9.11. The van der Waals surface area contributed by atoms with E-state index in [1.165, 1.54) is 18.7 Å². The molecule has 0 saturated heterocycles. The summed E-state index contributed by atoms with van der Waals surface area (Å²) in [6.45, 7) is 4.10.